The second-order valence-electron chi connectivity index (χ2n) is 7.35. The lowest BCUT2D eigenvalue weighted by molar-refractivity contribution is -0.0268. The van der Waals surface area contributed by atoms with Crippen molar-refractivity contribution in [2.75, 3.05) is 19.6 Å². The van der Waals surface area contributed by atoms with E-state index < -0.39 is 5.60 Å². The zero-order chi connectivity index (χ0) is 16.6. The maximum Gasteiger partial charge on any atom is 0.0920 e. The van der Waals surface area contributed by atoms with Gasteiger partial charge in [-0.25, -0.2) is 0 Å². The molecule has 1 aliphatic heterocycles. The van der Waals surface area contributed by atoms with E-state index in [4.69, 9.17) is 11.6 Å². The van der Waals surface area contributed by atoms with Crippen LogP contribution in [-0.4, -0.2) is 29.6 Å². The third-order valence-electron chi connectivity index (χ3n) is 5.71. The molecule has 1 saturated heterocycles. The molecule has 4 heteroatoms. The van der Waals surface area contributed by atoms with Gasteiger partial charge in [-0.05, 0) is 54.4 Å². The predicted molar refractivity (Wildman–Crippen MR) is 106 cm³/mol. The number of hydrogen-bond donors (Lipinski definition) is 1. The number of hydrogen-bond acceptors (Lipinski definition) is 2. The van der Waals surface area contributed by atoms with Crippen LogP contribution in [0.1, 0.15) is 36.3 Å². The molecule has 0 amide bonds. The molecule has 2 aromatic carbocycles. The van der Waals surface area contributed by atoms with Gasteiger partial charge in [0, 0.05) is 24.7 Å². The largest absolute Gasteiger partial charge is 0.385 e. The first kappa shape index (κ1) is 18.7. The predicted octanol–water partition coefficient (Wildman–Crippen LogP) is 4.85. The van der Waals surface area contributed by atoms with Crippen molar-refractivity contribution >= 4 is 24.0 Å². The summed E-state index contributed by atoms with van der Waals surface area (Å²) in [6.45, 7) is 3.10. The SMILES string of the molecule is Cl.OC1(c2ccc(Cl)cc2)CCN(C[C@@H]2C[C@H]2c2ccccc2)CC1. The average molecular weight is 378 g/mol. The Labute approximate surface area is 161 Å². The van der Waals surface area contributed by atoms with Gasteiger partial charge in [0.1, 0.15) is 0 Å². The Morgan fingerprint density at radius 3 is 2.28 bits per heavy atom. The lowest BCUT2D eigenvalue weighted by Gasteiger charge is -2.38. The Bertz CT molecular complexity index is 681. The molecule has 1 saturated carbocycles. The van der Waals surface area contributed by atoms with Crippen molar-refractivity contribution in [1.29, 1.82) is 0 Å². The van der Waals surface area contributed by atoms with E-state index >= 15 is 0 Å². The molecule has 0 unspecified atom stereocenters. The summed E-state index contributed by atoms with van der Waals surface area (Å²) in [6.07, 6.45) is 2.91. The molecule has 4 rings (SSSR count). The van der Waals surface area contributed by atoms with Crippen LogP contribution in [0.3, 0.4) is 0 Å². The number of likely N-dealkylation sites (tertiary alicyclic amines) is 1. The number of benzene rings is 2. The van der Waals surface area contributed by atoms with Crippen molar-refractivity contribution in [2.24, 2.45) is 5.92 Å². The Kier molecular flexibility index (Phi) is 5.75. The molecule has 2 aliphatic rings. The summed E-state index contributed by atoms with van der Waals surface area (Å²) >= 11 is 5.96. The molecular formula is C21H25Cl2NO. The molecule has 25 heavy (non-hydrogen) atoms. The zero-order valence-electron chi connectivity index (χ0n) is 14.3. The molecule has 2 fully saturated rings. The first-order valence-corrected chi connectivity index (χ1v) is 9.28. The fourth-order valence-corrected chi connectivity index (χ4v) is 4.17. The summed E-state index contributed by atoms with van der Waals surface area (Å²) in [5.41, 5.74) is 1.79. The van der Waals surface area contributed by atoms with Crippen molar-refractivity contribution in [3.63, 3.8) is 0 Å². The topological polar surface area (TPSA) is 23.5 Å². The highest BCUT2D eigenvalue weighted by atomic mass is 35.5. The quantitative estimate of drug-likeness (QED) is 0.822. The molecule has 1 aliphatic carbocycles. The molecular weight excluding hydrogens is 353 g/mol. The number of nitrogens with zero attached hydrogens (tertiary/aromatic N) is 1. The minimum atomic E-state index is -0.691. The van der Waals surface area contributed by atoms with E-state index in [1.54, 1.807) is 0 Å². The van der Waals surface area contributed by atoms with Crippen LogP contribution in [0.5, 0.6) is 0 Å². The van der Waals surface area contributed by atoms with Crippen molar-refractivity contribution in [3.05, 3.63) is 70.7 Å². The van der Waals surface area contributed by atoms with Gasteiger partial charge < -0.3 is 10.0 Å². The van der Waals surface area contributed by atoms with Gasteiger partial charge in [0.15, 0.2) is 0 Å². The van der Waals surface area contributed by atoms with Gasteiger partial charge in [0.25, 0.3) is 0 Å². The van der Waals surface area contributed by atoms with E-state index in [0.717, 1.165) is 54.9 Å². The standard InChI is InChI=1S/C21H24ClNO.ClH/c22-19-8-6-18(7-9-19)21(24)10-12-23(13-11-21)15-17-14-20(17)16-4-2-1-3-5-16;/h1-9,17,20,24H,10-15H2;1H/t17-,20-;/m0./s1. The molecule has 0 spiro atoms. The van der Waals surface area contributed by atoms with Crippen LogP contribution in [0.15, 0.2) is 54.6 Å². The number of aliphatic hydroxyl groups is 1. The third-order valence-corrected chi connectivity index (χ3v) is 5.96. The maximum absolute atomic E-state index is 11.0. The molecule has 0 bridgehead atoms. The van der Waals surface area contributed by atoms with E-state index in [1.807, 2.05) is 24.3 Å². The Balaban J connectivity index is 0.00000182. The first-order chi connectivity index (χ1) is 11.6. The van der Waals surface area contributed by atoms with Gasteiger partial charge in [-0.2, -0.15) is 0 Å². The molecule has 0 aromatic heterocycles. The van der Waals surface area contributed by atoms with Gasteiger partial charge in [-0.3, -0.25) is 0 Å². The van der Waals surface area contributed by atoms with Crippen molar-refractivity contribution in [2.45, 2.75) is 30.8 Å². The lowest BCUT2D eigenvalue weighted by atomic mass is 9.84. The summed E-state index contributed by atoms with van der Waals surface area (Å²) in [5, 5.41) is 11.7. The second-order valence-corrected chi connectivity index (χ2v) is 7.79. The minimum Gasteiger partial charge on any atom is -0.385 e. The zero-order valence-corrected chi connectivity index (χ0v) is 15.8. The molecule has 2 nitrogen and oxygen atoms in total. The van der Waals surface area contributed by atoms with Gasteiger partial charge in [-0.15, -0.1) is 12.4 Å². The summed E-state index contributed by atoms with van der Waals surface area (Å²) < 4.78 is 0. The molecule has 134 valence electrons. The highest BCUT2D eigenvalue weighted by Crippen LogP contribution is 2.48. The van der Waals surface area contributed by atoms with Crippen LogP contribution >= 0.6 is 24.0 Å². The molecule has 2 aromatic rings. The van der Waals surface area contributed by atoms with Crippen LogP contribution in [0, 0.1) is 5.92 Å². The minimum absolute atomic E-state index is 0. The van der Waals surface area contributed by atoms with E-state index in [1.165, 1.54) is 12.0 Å². The Hall–Kier alpha value is -1.06. The normalized spacial score (nSPS) is 25.2. The van der Waals surface area contributed by atoms with Crippen LogP contribution in [0.4, 0.5) is 0 Å². The summed E-state index contributed by atoms with van der Waals surface area (Å²) in [7, 11) is 0. The van der Waals surface area contributed by atoms with E-state index in [-0.39, 0.29) is 12.4 Å². The molecule has 0 radical (unpaired) electrons. The average Bonchev–Trinajstić information content (AvgIpc) is 3.38. The van der Waals surface area contributed by atoms with Crippen molar-refractivity contribution < 1.29 is 5.11 Å². The molecule has 2 atom stereocenters. The monoisotopic (exact) mass is 377 g/mol. The summed E-state index contributed by atoms with van der Waals surface area (Å²) in [5.74, 6) is 1.53. The van der Waals surface area contributed by atoms with Crippen molar-refractivity contribution in [3.8, 4) is 0 Å². The highest BCUT2D eigenvalue weighted by molar-refractivity contribution is 6.30. The smallest absolute Gasteiger partial charge is 0.0920 e. The van der Waals surface area contributed by atoms with Crippen LogP contribution < -0.4 is 0 Å². The maximum atomic E-state index is 11.0. The fourth-order valence-electron chi connectivity index (χ4n) is 4.04. The molecule has 1 heterocycles. The Morgan fingerprint density at radius 2 is 1.64 bits per heavy atom. The van der Waals surface area contributed by atoms with Crippen LogP contribution in [0.2, 0.25) is 5.02 Å². The Morgan fingerprint density at radius 1 is 1.00 bits per heavy atom. The van der Waals surface area contributed by atoms with E-state index in [0.29, 0.717) is 0 Å². The number of rotatable bonds is 4. The first-order valence-electron chi connectivity index (χ1n) is 8.90. The molecule has 1 N–H and O–H groups in total. The van der Waals surface area contributed by atoms with E-state index in [9.17, 15) is 5.11 Å². The lowest BCUT2D eigenvalue weighted by Crippen LogP contribution is -2.43. The van der Waals surface area contributed by atoms with Gasteiger partial charge in [0.2, 0.25) is 0 Å². The summed E-state index contributed by atoms with van der Waals surface area (Å²) in [4.78, 5) is 2.53. The highest BCUT2D eigenvalue weighted by Gasteiger charge is 2.41. The third kappa shape index (κ3) is 4.20. The van der Waals surface area contributed by atoms with Gasteiger partial charge in [0.05, 0.1) is 5.60 Å². The van der Waals surface area contributed by atoms with E-state index in [2.05, 4.69) is 35.2 Å². The van der Waals surface area contributed by atoms with Crippen LogP contribution in [0.25, 0.3) is 0 Å². The second kappa shape index (κ2) is 7.67. The van der Waals surface area contributed by atoms with Gasteiger partial charge in [-0.1, -0.05) is 54.1 Å². The number of piperidine rings is 1. The van der Waals surface area contributed by atoms with Crippen molar-refractivity contribution in [1.82, 2.24) is 4.90 Å². The van der Waals surface area contributed by atoms with Crippen LogP contribution in [-0.2, 0) is 5.60 Å². The fraction of sp³-hybridized carbons (Fsp3) is 0.429. The van der Waals surface area contributed by atoms with Gasteiger partial charge >= 0.3 is 0 Å². The summed E-state index contributed by atoms with van der Waals surface area (Å²) in [6, 6.07) is 18.5. The number of halogens is 2.